The van der Waals surface area contributed by atoms with Gasteiger partial charge >= 0.3 is 0 Å². The van der Waals surface area contributed by atoms with Crippen molar-refractivity contribution in [2.75, 3.05) is 26.1 Å². The van der Waals surface area contributed by atoms with Gasteiger partial charge in [0.05, 0.1) is 17.9 Å². The number of hydrogen-bond donors (Lipinski definition) is 1. The molecule has 0 saturated carbocycles. The normalized spacial score (nSPS) is 16.9. The Balaban J connectivity index is 2.05. The number of fused-ring (bicyclic) bond motifs is 1. The molecule has 3 rings (SSSR count). The largest absolute Gasteiger partial charge is 0.489 e. The highest BCUT2D eigenvalue weighted by Gasteiger charge is 2.16. The van der Waals surface area contributed by atoms with Crippen LogP contribution in [0.1, 0.15) is 11.1 Å². The van der Waals surface area contributed by atoms with Gasteiger partial charge in [-0.2, -0.15) is 10.3 Å². The molecule has 2 heterocycles. The summed E-state index contributed by atoms with van der Waals surface area (Å²) in [7, 11) is 1.08. The zero-order valence-electron chi connectivity index (χ0n) is 13.6. The van der Waals surface area contributed by atoms with Gasteiger partial charge in [-0.1, -0.05) is 6.07 Å². The van der Waals surface area contributed by atoms with E-state index in [0.29, 0.717) is 35.4 Å². The third-order valence-electron chi connectivity index (χ3n) is 3.56. The first-order chi connectivity index (χ1) is 12.1. The van der Waals surface area contributed by atoms with Crippen LogP contribution in [0.4, 0.5) is 0 Å². The molecule has 0 saturated heterocycles. The van der Waals surface area contributed by atoms with Crippen LogP contribution >= 0.6 is 10.5 Å². The van der Waals surface area contributed by atoms with Crippen molar-refractivity contribution in [3.63, 3.8) is 0 Å². The first kappa shape index (κ1) is 17.1. The molecule has 128 valence electrons. The van der Waals surface area contributed by atoms with Gasteiger partial charge in [-0.15, -0.1) is 10.5 Å². The number of amidine groups is 1. The summed E-state index contributed by atoms with van der Waals surface area (Å²) >= 11 is 0. The minimum atomic E-state index is -0.510. The lowest BCUT2D eigenvalue weighted by Crippen LogP contribution is -2.07. The summed E-state index contributed by atoms with van der Waals surface area (Å²) in [6, 6.07) is 7.72. The topological polar surface area (TPSA) is 111 Å². The van der Waals surface area contributed by atoms with Crippen LogP contribution in [0.25, 0.3) is 10.9 Å². The van der Waals surface area contributed by atoms with Gasteiger partial charge in [0.25, 0.3) is 5.91 Å². The Morgan fingerprint density at radius 3 is 2.96 bits per heavy atom. The van der Waals surface area contributed by atoms with Crippen molar-refractivity contribution < 1.29 is 14.3 Å². The van der Waals surface area contributed by atoms with E-state index in [2.05, 4.69) is 16.0 Å². The number of hydrogen-bond acceptors (Lipinski definition) is 6. The molecule has 1 unspecified atom stereocenters. The molecule has 2 N–H and O–H groups in total. The zero-order chi connectivity index (χ0) is 17.8. The number of amides is 1. The van der Waals surface area contributed by atoms with Crippen molar-refractivity contribution in [2.24, 2.45) is 10.7 Å². The molecular weight excluding hydrogens is 340 g/mol. The van der Waals surface area contributed by atoms with E-state index in [4.69, 9.17) is 15.2 Å². The van der Waals surface area contributed by atoms with Crippen molar-refractivity contribution in [1.29, 1.82) is 5.26 Å². The number of nitriles is 1. The average molecular weight is 356 g/mol. The molecule has 1 amide bonds. The van der Waals surface area contributed by atoms with Crippen LogP contribution in [-0.2, 0) is 9.53 Å². The van der Waals surface area contributed by atoms with Crippen molar-refractivity contribution in [3.8, 4) is 11.8 Å². The van der Waals surface area contributed by atoms with E-state index in [9.17, 15) is 10.1 Å². The second-order valence-corrected chi connectivity index (χ2v) is 7.07. The van der Waals surface area contributed by atoms with Gasteiger partial charge in [-0.3, -0.25) is 9.78 Å². The fourth-order valence-corrected chi connectivity index (χ4v) is 3.79. The molecular formula is C17H16N4O3S. The zero-order valence-corrected chi connectivity index (χ0v) is 14.4. The van der Waals surface area contributed by atoms with Crippen LogP contribution in [0.15, 0.2) is 29.4 Å². The van der Waals surface area contributed by atoms with Gasteiger partial charge < -0.3 is 15.2 Å². The van der Waals surface area contributed by atoms with Crippen LogP contribution in [-0.4, -0.2) is 47.5 Å². The highest BCUT2D eigenvalue weighted by Crippen LogP contribution is 2.29. The SMILES string of the molecule is COCCOc1c(C#N)cnc2ccc(C=S3CC(=O)N=C3N)cc12. The Morgan fingerprint density at radius 1 is 1.44 bits per heavy atom. The van der Waals surface area contributed by atoms with Crippen molar-refractivity contribution >= 4 is 37.8 Å². The molecule has 1 aromatic carbocycles. The second kappa shape index (κ2) is 7.42. The van der Waals surface area contributed by atoms with Crippen LogP contribution < -0.4 is 10.5 Å². The molecule has 0 bridgehead atoms. The number of aromatic nitrogens is 1. The van der Waals surface area contributed by atoms with Gasteiger partial charge in [-0.25, -0.2) is 0 Å². The van der Waals surface area contributed by atoms with E-state index < -0.39 is 10.5 Å². The lowest BCUT2D eigenvalue weighted by Gasteiger charge is -2.11. The van der Waals surface area contributed by atoms with Gasteiger partial charge in [0.15, 0.2) is 5.17 Å². The molecule has 1 aromatic heterocycles. The average Bonchev–Trinajstić information content (AvgIpc) is 2.92. The van der Waals surface area contributed by atoms with Gasteiger partial charge in [-0.05, 0) is 23.1 Å². The van der Waals surface area contributed by atoms with Gasteiger partial charge in [0.1, 0.15) is 24.0 Å². The van der Waals surface area contributed by atoms with Gasteiger partial charge in [0.2, 0.25) is 0 Å². The molecule has 7 nitrogen and oxygen atoms in total. The molecule has 0 fully saturated rings. The molecule has 0 radical (unpaired) electrons. The number of ether oxygens (including phenoxy) is 2. The molecule has 1 aliphatic heterocycles. The van der Waals surface area contributed by atoms with E-state index in [1.54, 1.807) is 7.11 Å². The second-order valence-electron chi connectivity index (χ2n) is 5.27. The van der Waals surface area contributed by atoms with Crippen molar-refractivity contribution in [3.05, 3.63) is 35.5 Å². The number of rotatable bonds is 5. The summed E-state index contributed by atoms with van der Waals surface area (Å²) in [5.41, 5.74) is 7.76. The smallest absolute Gasteiger partial charge is 0.258 e. The highest BCUT2D eigenvalue weighted by molar-refractivity contribution is 8.28. The predicted octanol–water partition coefficient (Wildman–Crippen LogP) is 1.41. The molecule has 0 aliphatic carbocycles. The number of benzene rings is 1. The number of carbonyl (C=O) groups excluding carboxylic acids is 1. The quantitative estimate of drug-likeness (QED) is 0.640. The maximum absolute atomic E-state index is 11.4. The maximum Gasteiger partial charge on any atom is 0.258 e. The number of methoxy groups -OCH3 is 1. The Hall–Kier alpha value is -2.76. The summed E-state index contributed by atoms with van der Waals surface area (Å²) < 4.78 is 10.7. The summed E-state index contributed by atoms with van der Waals surface area (Å²) in [5.74, 6) is 0.583. The van der Waals surface area contributed by atoms with E-state index >= 15 is 0 Å². The van der Waals surface area contributed by atoms with E-state index in [-0.39, 0.29) is 5.91 Å². The van der Waals surface area contributed by atoms with Crippen molar-refractivity contribution in [1.82, 2.24) is 4.98 Å². The number of nitrogens with two attached hydrogens (primary N) is 1. The van der Waals surface area contributed by atoms with E-state index in [1.807, 2.05) is 23.6 Å². The monoisotopic (exact) mass is 356 g/mol. The lowest BCUT2D eigenvalue weighted by molar-refractivity contribution is -0.115. The standard InChI is InChI=1S/C17H16N4O3S/c1-23-4-5-24-16-12(7-18)8-20-14-3-2-11(6-13(14)16)9-25-10-15(22)21-17(25)19/h2-3,6,8-9H,4-5,10H2,1H3,(H2,19,21,22). The van der Waals surface area contributed by atoms with Crippen LogP contribution in [0.3, 0.4) is 0 Å². The Morgan fingerprint density at radius 2 is 2.28 bits per heavy atom. The number of nitrogens with zero attached hydrogens (tertiary/aromatic N) is 3. The van der Waals surface area contributed by atoms with E-state index in [0.717, 1.165) is 16.5 Å². The molecule has 25 heavy (non-hydrogen) atoms. The summed E-state index contributed by atoms with van der Waals surface area (Å²) in [5, 5.41) is 12.3. The van der Waals surface area contributed by atoms with Gasteiger partial charge in [0, 0.05) is 18.7 Å². The first-order valence-electron chi connectivity index (χ1n) is 7.48. The summed E-state index contributed by atoms with van der Waals surface area (Å²) in [6.07, 6.45) is 1.50. The third kappa shape index (κ3) is 3.68. The predicted molar refractivity (Wildman–Crippen MR) is 98.1 cm³/mol. The molecule has 2 aromatic rings. The Bertz CT molecular complexity index is 947. The number of carbonyl (C=O) groups is 1. The Labute approximate surface area is 147 Å². The summed E-state index contributed by atoms with van der Waals surface area (Å²) in [6.45, 7) is 0.746. The first-order valence-corrected chi connectivity index (χ1v) is 8.94. The van der Waals surface area contributed by atoms with Crippen LogP contribution in [0.2, 0.25) is 0 Å². The minimum Gasteiger partial charge on any atom is -0.489 e. The summed E-state index contributed by atoms with van der Waals surface area (Å²) in [4.78, 5) is 19.5. The number of pyridine rings is 1. The van der Waals surface area contributed by atoms with E-state index in [1.165, 1.54) is 6.20 Å². The molecule has 0 spiro atoms. The fraction of sp³-hybridized carbons (Fsp3) is 0.235. The molecule has 1 atom stereocenters. The lowest BCUT2D eigenvalue weighted by atomic mass is 10.1. The molecule has 1 aliphatic rings. The maximum atomic E-state index is 11.4. The third-order valence-corrected chi connectivity index (χ3v) is 5.30. The van der Waals surface area contributed by atoms with Crippen molar-refractivity contribution in [2.45, 2.75) is 0 Å². The Kier molecular flexibility index (Phi) is 5.07. The van der Waals surface area contributed by atoms with Crippen LogP contribution in [0.5, 0.6) is 5.75 Å². The molecule has 8 heteroatoms. The number of aliphatic imine (C=N–C) groups is 1. The minimum absolute atomic E-state index is 0.199. The highest BCUT2D eigenvalue weighted by atomic mass is 32.2. The van der Waals surface area contributed by atoms with Crippen LogP contribution in [0, 0.1) is 11.3 Å². The fourth-order valence-electron chi connectivity index (χ4n) is 2.41.